The molecule has 0 bridgehead atoms. The van der Waals surface area contributed by atoms with Crippen LogP contribution in [0.25, 0.3) is 11.3 Å². The first-order chi connectivity index (χ1) is 11.0. The highest BCUT2D eigenvalue weighted by atomic mass is 16.2. The molecule has 0 amide bonds. The molecule has 7 heteroatoms. The predicted molar refractivity (Wildman–Crippen MR) is 88.9 cm³/mol. The Bertz CT molecular complexity index is 957. The number of anilines is 2. The van der Waals surface area contributed by atoms with Crippen molar-refractivity contribution in [2.75, 3.05) is 11.5 Å². The maximum atomic E-state index is 12.0. The molecule has 0 saturated carbocycles. The number of rotatable bonds is 3. The van der Waals surface area contributed by atoms with E-state index in [1.54, 1.807) is 48.5 Å². The molecular weight excluding hydrogens is 294 g/mol. The first kappa shape index (κ1) is 14.6. The van der Waals surface area contributed by atoms with Crippen LogP contribution in [0, 0.1) is 0 Å². The van der Waals surface area contributed by atoms with Crippen LogP contribution in [0.4, 0.5) is 11.4 Å². The molecule has 0 unspecified atom stereocenters. The summed E-state index contributed by atoms with van der Waals surface area (Å²) in [6.45, 7) is 0.218. The lowest BCUT2D eigenvalue weighted by Crippen LogP contribution is -2.34. The second-order valence-corrected chi connectivity index (χ2v) is 5.09. The molecule has 0 radical (unpaired) electrons. The van der Waals surface area contributed by atoms with Crippen LogP contribution < -0.4 is 22.7 Å². The second kappa shape index (κ2) is 5.80. The number of nitrogens with one attached hydrogen (secondary N) is 1. The van der Waals surface area contributed by atoms with Crippen molar-refractivity contribution in [3.05, 3.63) is 74.9 Å². The zero-order chi connectivity index (χ0) is 16.4. The van der Waals surface area contributed by atoms with E-state index < -0.39 is 11.2 Å². The largest absolute Gasteiger partial charge is 0.399 e. The van der Waals surface area contributed by atoms with Gasteiger partial charge in [-0.15, -0.1) is 0 Å². The van der Waals surface area contributed by atoms with E-state index in [-0.39, 0.29) is 12.2 Å². The van der Waals surface area contributed by atoms with Gasteiger partial charge in [-0.2, -0.15) is 5.10 Å². The molecule has 1 aromatic heterocycles. The van der Waals surface area contributed by atoms with E-state index in [0.29, 0.717) is 16.9 Å². The molecule has 0 atom stereocenters. The summed E-state index contributed by atoms with van der Waals surface area (Å²) in [4.78, 5) is 26.3. The van der Waals surface area contributed by atoms with Crippen LogP contribution in [0.3, 0.4) is 0 Å². The van der Waals surface area contributed by atoms with E-state index in [9.17, 15) is 9.59 Å². The monoisotopic (exact) mass is 309 g/mol. The van der Waals surface area contributed by atoms with Crippen molar-refractivity contribution >= 4 is 11.4 Å². The summed E-state index contributed by atoms with van der Waals surface area (Å²) in [7, 11) is 0. The van der Waals surface area contributed by atoms with Gasteiger partial charge in [-0.1, -0.05) is 30.3 Å². The number of nitrogens with two attached hydrogens (primary N) is 2. The van der Waals surface area contributed by atoms with Crippen molar-refractivity contribution in [1.82, 2.24) is 14.8 Å². The minimum Gasteiger partial charge on any atom is -0.399 e. The first-order valence-corrected chi connectivity index (χ1v) is 6.95. The molecule has 23 heavy (non-hydrogen) atoms. The van der Waals surface area contributed by atoms with E-state index in [1.807, 2.05) is 0 Å². The Morgan fingerprint density at radius 1 is 1.00 bits per heavy atom. The summed E-state index contributed by atoms with van der Waals surface area (Å²) in [6, 6.07) is 13.9. The Hall–Kier alpha value is -3.35. The molecule has 3 rings (SSSR count). The first-order valence-electron chi connectivity index (χ1n) is 6.95. The minimum atomic E-state index is -0.579. The lowest BCUT2D eigenvalue weighted by Gasteiger charge is -2.08. The molecule has 0 spiro atoms. The van der Waals surface area contributed by atoms with Gasteiger partial charge in [0.2, 0.25) is 0 Å². The molecule has 2 aromatic carbocycles. The van der Waals surface area contributed by atoms with Crippen LogP contribution in [-0.4, -0.2) is 14.8 Å². The van der Waals surface area contributed by atoms with Gasteiger partial charge in [0.25, 0.3) is 5.56 Å². The van der Waals surface area contributed by atoms with Crippen molar-refractivity contribution in [2.45, 2.75) is 6.54 Å². The summed E-state index contributed by atoms with van der Waals surface area (Å²) in [5.41, 5.74) is 12.9. The molecule has 0 fully saturated rings. The van der Waals surface area contributed by atoms with Gasteiger partial charge in [0.05, 0.1) is 6.54 Å². The van der Waals surface area contributed by atoms with Crippen LogP contribution in [0.1, 0.15) is 5.56 Å². The molecule has 1 heterocycles. The Morgan fingerprint density at radius 2 is 1.70 bits per heavy atom. The highest BCUT2D eigenvalue weighted by molar-refractivity contribution is 5.72. The molecule has 5 N–H and O–H groups in total. The molecular formula is C16H15N5O2. The SMILES string of the molecule is Nc1ccc(Cn2nc(-c3ccccc3N)c(=O)[nH]c2=O)cc1. The summed E-state index contributed by atoms with van der Waals surface area (Å²) >= 11 is 0. The molecule has 116 valence electrons. The predicted octanol–water partition coefficient (Wildman–Crippen LogP) is 0.811. The lowest BCUT2D eigenvalue weighted by molar-refractivity contribution is 0.612. The van der Waals surface area contributed by atoms with E-state index in [2.05, 4.69) is 10.1 Å². The molecule has 7 nitrogen and oxygen atoms in total. The highest BCUT2D eigenvalue weighted by Gasteiger charge is 2.11. The third-order valence-electron chi connectivity index (χ3n) is 3.42. The summed E-state index contributed by atoms with van der Waals surface area (Å²) in [5.74, 6) is 0. The molecule has 3 aromatic rings. The maximum absolute atomic E-state index is 12.0. The van der Waals surface area contributed by atoms with Gasteiger partial charge in [0.1, 0.15) is 0 Å². The molecule has 0 saturated heterocycles. The number of H-pyrrole nitrogens is 1. The van der Waals surface area contributed by atoms with Crippen molar-refractivity contribution in [3.8, 4) is 11.3 Å². The van der Waals surface area contributed by atoms with Crippen LogP contribution in [0.15, 0.2) is 58.1 Å². The third kappa shape index (κ3) is 2.98. The maximum Gasteiger partial charge on any atom is 0.345 e. The van der Waals surface area contributed by atoms with E-state index >= 15 is 0 Å². The van der Waals surface area contributed by atoms with Crippen molar-refractivity contribution < 1.29 is 0 Å². The molecule has 0 aliphatic heterocycles. The van der Waals surface area contributed by atoms with Gasteiger partial charge < -0.3 is 11.5 Å². The van der Waals surface area contributed by atoms with E-state index in [1.165, 1.54) is 4.68 Å². The van der Waals surface area contributed by atoms with E-state index in [4.69, 9.17) is 11.5 Å². The number of nitrogens with zero attached hydrogens (tertiary/aromatic N) is 2. The zero-order valence-corrected chi connectivity index (χ0v) is 12.2. The van der Waals surface area contributed by atoms with Gasteiger partial charge in [-0.05, 0) is 23.8 Å². The number of aromatic nitrogens is 3. The van der Waals surface area contributed by atoms with Crippen LogP contribution >= 0.6 is 0 Å². The van der Waals surface area contributed by atoms with Crippen LogP contribution in [0.2, 0.25) is 0 Å². The highest BCUT2D eigenvalue weighted by Crippen LogP contribution is 2.19. The van der Waals surface area contributed by atoms with Gasteiger partial charge in [-0.3, -0.25) is 9.78 Å². The Balaban J connectivity index is 2.07. The second-order valence-electron chi connectivity index (χ2n) is 5.09. The Kier molecular flexibility index (Phi) is 3.68. The zero-order valence-electron chi connectivity index (χ0n) is 12.2. The molecule has 0 aliphatic rings. The van der Waals surface area contributed by atoms with Gasteiger partial charge in [0.15, 0.2) is 5.69 Å². The summed E-state index contributed by atoms with van der Waals surface area (Å²) in [5, 5.41) is 4.17. The number of benzene rings is 2. The fourth-order valence-corrected chi connectivity index (χ4v) is 2.22. The fraction of sp³-hybridized carbons (Fsp3) is 0.0625. The van der Waals surface area contributed by atoms with Crippen LogP contribution in [-0.2, 0) is 6.54 Å². The summed E-state index contributed by atoms with van der Waals surface area (Å²) < 4.78 is 1.19. The number of para-hydroxylation sites is 1. The number of hydrogen-bond donors (Lipinski definition) is 3. The van der Waals surface area contributed by atoms with E-state index in [0.717, 1.165) is 5.56 Å². The van der Waals surface area contributed by atoms with Crippen molar-refractivity contribution in [2.24, 2.45) is 0 Å². The van der Waals surface area contributed by atoms with Crippen molar-refractivity contribution in [1.29, 1.82) is 0 Å². The normalized spacial score (nSPS) is 10.6. The van der Waals surface area contributed by atoms with Gasteiger partial charge >= 0.3 is 5.69 Å². The third-order valence-corrected chi connectivity index (χ3v) is 3.42. The average molecular weight is 309 g/mol. The smallest absolute Gasteiger partial charge is 0.345 e. The van der Waals surface area contributed by atoms with Crippen molar-refractivity contribution in [3.63, 3.8) is 0 Å². The summed E-state index contributed by atoms with van der Waals surface area (Å²) in [6.07, 6.45) is 0. The van der Waals surface area contributed by atoms with Crippen LogP contribution in [0.5, 0.6) is 0 Å². The standard InChI is InChI=1S/C16H15N5O2/c17-11-7-5-10(6-8-11)9-21-16(23)19-15(22)14(20-21)12-3-1-2-4-13(12)18/h1-8H,9,17-18H2,(H,19,22,23). The van der Waals surface area contributed by atoms with Gasteiger partial charge in [-0.25, -0.2) is 9.48 Å². The number of nitrogen functional groups attached to an aromatic ring is 2. The average Bonchev–Trinajstić information content (AvgIpc) is 2.53. The Labute approximate surface area is 131 Å². The minimum absolute atomic E-state index is 0.109. The fourth-order valence-electron chi connectivity index (χ4n) is 2.22. The van der Waals surface area contributed by atoms with Gasteiger partial charge in [0, 0.05) is 16.9 Å². The topological polar surface area (TPSA) is 120 Å². The lowest BCUT2D eigenvalue weighted by atomic mass is 10.1. The Morgan fingerprint density at radius 3 is 2.39 bits per heavy atom. The number of aromatic amines is 1. The quantitative estimate of drug-likeness (QED) is 0.618. The number of hydrogen-bond acceptors (Lipinski definition) is 5. The molecule has 0 aliphatic carbocycles.